The second kappa shape index (κ2) is 9.17. The molecule has 0 bridgehead atoms. The first-order valence-electron chi connectivity index (χ1n) is 6.59. The number of hydrogen-bond donors (Lipinski definition) is 1. The molecule has 0 aromatic rings. The van der Waals surface area contributed by atoms with Crippen LogP contribution in [0.2, 0.25) is 0 Å². The predicted molar refractivity (Wildman–Crippen MR) is 69.3 cm³/mol. The molecule has 2 heteroatoms. The van der Waals surface area contributed by atoms with Crippen LogP contribution in [0.3, 0.4) is 0 Å². The van der Waals surface area contributed by atoms with E-state index in [2.05, 4.69) is 44.8 Å². The number of hydrogen-bond acceptors (Lipinski definition) is 2. The highest BCUT2D eigenvalue weighted by atomic mass is 15.1. The van der Waals surface area contributed by atoms with Crippen LogP contribution in [0, 0.1) is 5.92 Å². The van der Waals surface area contributed by atoms with Gasteiger partial charge in [-0.25, -0.2) is 0 Å². The third-order valence-electron chi connectivity index (χ3n) is 2.94. The van der Waals surface area contributed by atoms with Crippen molar-refractivity contribution < 1.29 is 0 Å². The third kappa shape index (κ3) is 7.80. The normalized spacial score (nSPS) is 13.8. The standard InChI is InChI=1S/C13H30N2/c1-6-14-13(11-12(4)5)9-10-15(7-2)8-3/h12-14H,6-11H2,1-5H3. The Bertz CT molecular complexity index is 130. The van der Waals surface area contributed by atoms with Crippen molar-refractivity contribution in [2.75, 3.05) is 26.2 Å². The molecule has 15 heavy (non-hydrogen) atoms. The Morgan fingerprint density at radius 3 is 2.07 bits per heavy atom. The molecule has 0 radical (unpaired) electrons. The van der Waals surface area contributed by atoms with Crippen LogP contribution in [0.4, 0.5) is 0 Å². The van der Waals surface area contributed by atoms with E-state index in [1.54, 1.807) is 0 Å². The highest BCUT2D eigenvalue weighted by Crippen LogP contribution is 2.08. The minimum atomic E-state index is 0.704. The fourth-order valence-electron chi connectivity index (χ4n) is 2.04. The van der Waals surface area contributed by atoms with Crippen LogP contribution in [0.25, 0.3) is 0 Å². The van der Waals surface area contributed by atoms with Gasteiger partial charge in [-0.2, -0.15) is 0 Å². The molecule has 0 aliphatic carbocycles. The number of rotatable bonds is 9. The van der Waals surface area contributed by atoms with Gasteiger partial charge in [0.1, 0.15) is 0 Å². The van der Waals surface area contributed by atoms with E-state index in [-0.39, 0.29) is 0 Å². The molecule has 0 aromatic heterocycles. The van der Waals surface area contributed by atoms with Crippen molar-refractivity contribution in [2.24, 2.45) is 5.92 Å². The zero-order valence-corrected chi connectivity index (χ0v) is 11.3. The quantitative estimate of drug-likeness (QED) is 0.635. The van der Waals surface area contributed by atoms with Crippen LogP contribution < -0.4 is 5.32 Å². The molecule has 1 unspecified atom stereocenters. The van der Waals surface area contributed by atoms with Gasteiger partial charge in [0.2, 0.25) is 0 Å². The van der Waals surface area contributed by atoms with E-state index in [4.69, 9.17) is 0 Å². The fraction of sp³-hybridized carbons (Fsp3) is 1.00. The van der Waals surface area contributed by atoms with Crippen LogP contribution in [-0.2, 0) is 0 Å². The van der Waals surface area contributed by atoms with Gasteiger partial charge in [-0.05, 0) is 44.9 Å². The molecule has 0 rings (SSSR count). The van der Waals surface area contributed by atoms with Crippen LogP contribution in [0.15, 0.2) is 0 Å². The van der Waals surface area contributed by atoms with E-state index in [1.807, 2.05) is 0 Å². The smallest absolute Gasteiger partial charge is 0.00815 e. The van der Waals surface area contributed by atoms with Gasteiger partial charge in [-0.3, -0.25) is 0 Å². The molecule has 1 N–H and O–H groups in total. The predicted octanol–water partition coefficient (Wildman–Crippen LogP) is 2.74. The van der Waals surface area contributed by atoms with Crippen molar-refractivity contribution in [3.05, 3.63) is 0 Å². The zero-order valence-electron chi connectivity index (χ0n) is 11.3. The Morgan fingerprint density at radius 1 is 1.07 bits per heavy atom. The maximum atomic E-state index is 3.59. The molecule has 0 aliphatic rings. The average Bonchev–Trinajstić information content (AvgIpc) is 2.18. The van der Waals surface area contributed by atoms with Gasteiger partial charge in [0, 0.05) is 6.04 Å². The lowest BCUT2D eigenvalue weighted by Crippen LogP contribution is -2.35. The minimum Gasteiger partial charge on any atom is -0.314 e. The lowest BCUT2D eigenvalue weighted by atomic mass is 10.0. The van der Waals surface area contributed by atoms with Crippen LogP contribution in [-0.4, -0.2) is 37.1 Å². The molecular weight excluding hydrogens is 184 g/mol. The van der Waals surface area contributed by atoms with Crippen LogP contribution in [0.1, 0.15) is 47.5 Å². The second-order valence-electron chi connectivity index (χ2n) is 4.70. The summed E-state index contributed by atoms with van der Waals surface area (Å²) in [5, 5.41) is 3.59. The highest BCUT2D eigenvalue weighted by molar-refractivity contribution is 4.70. The molecule has 0 aliphatic heterocycles. The van der Waals surface area contributed by atoms with Gasteiger partial charge >= 0.3 is 0 Å². The Kier molecular flexibility index (Phi) is 9.12. The van der Waals surface area contributed by atoms with Gasteiger partial charge in [0.25, 0.3) is 0 Å². The van der Waals surface area contributed by atoms with Gasteiger partial charge in [0.05, 0.1) is 0 Å². The molecule has 1 atom stereocenters. The topological polar surface area (TPSA) is 15.3 Å². The number of nitrogens with zero attached hydrogens (tertiary/aromatic N) is 1. The molecule has 2 nitrogen and oxygen atoms in total. The van der Waals surface area contributed by atoms with Gasteiger partial charge in [0.15, 0.2) is 0 Å². The summed E-state index contributed by atoms with van der Waals surface area (Å²) in [6.07, 6.45) is 2.59. The highest BCUT2D eigenvalue weighted by Gasteiger charge is 2.10. The maximum Gasteiger partial charge on any atom is 0.00815 e. The van der Waals surface area contributed by atoms with E-state index >= 15 is 0 Å². The van der Waals surface area contributed by atoms with E-state index in [0.29, 0.717) is 6.04 Å². The van der Waals surface area contributed by atoms with Crippen LogP contribution >= 0.6 is 0 Å². The minimum absolute atomic E-state index is 0.704. The van der Waals surface area contributed by atoms with Crippen molar-refractivity contribution in [3.8, 4) is 0 Å². The molecule has 0 saturated heterocycles. The van der Waals surface area contributed by atoms with E-state index in [1.165, 1.54) is 32.5 Å². The van der Waals surface area contributed by atoms with E-state index in [9.17, 15) is 0 Å². The van der Waals surface area contributed by atoms with Crippen molar-refractivity contribution in [1.29, 1.82) is 0 Å². The van der Waals surface area contributed by atoms with Crippen molar-refractivity contribution in [1.82, 2.24) is 10.2 Å². The molecule has 0 amide bonds. The summed E-state index contributed by atoms with van der Waals surface area (Å²) in [7, 11) is 0. The molecule has 0 fully saturated rings. The Hall–Kier alpha value is -0.0800. The summed E-state index contributed by atoms with van der Waals surface area (Å²) in [5.74, 6) is 0.797. The largest absolute Gasteiger partial charge is 0.314 e. The second-order valence-corrected chi connectivity index (χ2v) is 4.70. The first kappa shape index (κ1) is 14.9. The first-order valence-corrected chi connectivity index (χ1v) is 6.59. The summed E-state index contributed by atoms with van der Waals surface area (Å²) < 4.78 is 0. The van der Waals surface area contributed by atoms with Crippen LogP contribution in [0.5, 0.6) is 0 Å². The average molecular weight is 214 g/mol. The Labute approximate surface area is 96.4 Å². The van der Waals surface area contributed by atoms with Gasteiger partial charge in [-0.15, -0.1) is 0 Å². The number of nitrogens with one attached hydrogen (secondary N) is 1. The Balaban J connectivity index is 3.82. The molecule has 0 spiro atoms. The fourth-order valence-corrected chi connectivity index (χ4v) is 2.04. The monoisotopic (exact) mass is 214 g/mol. The summed E-state index contributed by atoms with van der Waals surface area (Å²) in [6.45, 7) is 16.0. The Morgan fingerprint density at radius 2 is 1.67 bits per heavy atom. The SMILES string of the molecule is CCNC(CCN(CC)CC)CC(C)C. The third-order valence-corrected chi connectivity index (χ3v) is 2.94. The summed E-state index contributed by atoms with van der Waals surface area (Å²) in [4.78, 5) is 2.50. The van der Waals surface area contributed by atoms with E-state index < -0.39 is 0 Å². The molecular formula is C13H30N2. The van der Waals surface area contributed by atoms with E-state index in [0.717, 1.165) is 12.5 Å². The van der Waals surface area contributed by atoms with Gasteiger partial charge < -0.3 is 10.2 Å². The summed E-state index contributed by atoms with van der Waals surface area (Å²) in [6, 6.07) is 0.704. The van der Waals surface area contributed by atoms with Crippen molar-refractivity contribution >= 4 is 0 Å². The molecule has 0 aromatic carbocycles. The lowest BCUT2D eigenvalue weighted by Gasteiger charge is -2.24. The zero-order chi connectivity index (χ0) is 11.7. The lowest BCUT2D eigenvalue weighted by molar-refractivity contribution is 0.271. The van der Waals surface area contributed by atoms with Crippen molar-refractivity contribution in [3.63, 3.8) is 0 Å². The summed E-state index contributed by atoms with van der Waals surface area (Å²) in [5.41, 5.74) is 0. The maximum absolute atomic E-state index is 3.59. The van der Waals surface area contributed by atoms with Crippen molar-refractivity contribution in [2.45, 2.75) is 53.5 Å². The molecule has 0 saturated carbocycles. The molecule has 0 heterocycles. The summed E-state index contributed by atoms with van der Waals surface area (Å²) >= 11 is 0. The first-order chi connectivity index (χ1) is 7.13. The molecule has 92 valence electrons. The van der Waals surface area contributed by atoms with Gasteiger partial charge in [-0.1, -0.05) is 34.6 Å².